The van der Waals surface area contributed by atoms with Crippen molar-refractivity contribution in [3.05, 3.63) is 80.3 Å². The summed E-state index contributed by atoms with van der Waals surface area (Å²) >= 11 is 0. The fourth-order valence-corrected chi connectivity index (χ4v) is 9.84. The van der Waals surface area contributed by atoms with E-state index >= 15 is 0 Å². The van der Waals surface area contributed by atoms with Gasteiger partial charge in [-0.1, -0.05) is 32.1 Å². The number of ether oxygens (including phenoxy) is 4. The van der Waals surface area contributed by atoms with Crippen LogP contribution >= 0.6 is 0 Å². The fourth-order valence-electron chi connectivity index (χ4n) is 9.84. The molecule has 0 N–H and O–H groups in total. The number of benzene rings is 2. The van der Waals surface area contributed by atoms with Crippen molar-refractivity contribution >= 4 is 40.8 Å². The minimum absolute atomic E-state index is 0.0304. The molecule has 0 radical (unpaired) electrons. The van der Waals surface area contributed by atoms with E-state index in [-0.39, 0.29) is 48.4 Å². The molecule has 2 heterocycles. The highest BCUT2D eigenvalue weighted by Crippen LogP contribution is 2.50. The molecule has 11 nitrogen and oxygen atoms in total. The molecule has 368 valence electrons. The molecule has 2 aliphatic heterocycles. The Bertz CT molecular complexity index is 2420. The predicted molar refractivity (Wildman–Crippen MR) is 268 cm³/mol. The Morgan fingerprint density at radius 1 is 0.588 bits per heavy atom. The standard InChI is InChI=1S/C27H33NO5.C27H35NO4.C3H8/c1-8-9-19-12-17(2)23(18(3)13-19)24-20(29)14-27(15-21(24)32-7)10-11-28(22(30)16-27)25(31)33-26(4,5)6;1-8-9-20-14-18(2)23(19(3)15-20)24-21(29)16-27(17-22(24)31-7)10-12-28(13-11-27)25(30)32-26(4,5)6;1-3-2/h12-13H,10-11,14-16H2,1-7H3;14-15H,10-13,16-17H2,1-7H3;3H2,1-2H3. The first-order valence-electron chi connectivity index (χ1n) is 24.0. The molecule has 0 bridgehead atoms. The highest BCUT2D eigenvalue weighted by Gasteiger charge is 2.48. The zero-order chi connectivity index (χ0) is 50.9. The van der Waals surface area contributed by atoms with Gasteiger partial charge >= 0.3 is 12.2 Å². The summed E-state index contributed by atoms with van der Waals surface area (Å²) in [6.45, 7) is 28.2. The number of nitrogens with zero attached hydrogens (tertiary/aromatic N) is 2. The molecule has 2 aromatic rings. The van der Waals surface area contributed by atoms with Crippen LogP contribution in [-0.4, -0.2) is 84.5 Å². The van der Waals surface area contributed by atoms with E-state index < -0.39 is 22.7 Å². The second-order valence-electron chi connectivity index (χ2n) is 20.9. The lowest BCUT2D eigenvalue weighted by atomic mass is 9.66. The molecule has 11 heteroatoms. The van der Waals surface area contributed by atoms with Gasteiger partial charge in [-0.05, 0) is 171 Å². The molecule has 2 aromatic carbocycles. The Kier molecular flexibility index (Phi) is 18.2. The SMILES string of the molecule is CC#Cc1cc(C)c(C2=C(OC)CC3(CCN(C(=O)OC(C)(C)C)C(=O)C3)CC2=O)c(C)c1.CC#Cc1cc(C)c(C2=C(OC)CC3(CCN(C(=O)OC(C)(C)C)CC3)CC2=O)c(C)c1.CCC. The van der Waals surface area contributed by atoms with Gasteiger partial charge in [0, 0.05) is 62.9 Å². The number of piperidine rings is 2. The Balaban J connectivity index is 0.000000280. The summed E-state index contributed by atoms with van der Waals surface area (Å²) in [5.41, 5.74) is 7.13. The van der Waals surface area contributed by atoms with Gasteiger partial charge in [-0.25, -0.2) is 14.5 Å². The number of methoxy groups -OCH3 is 2. The van der Waals surface area contributed by atoms with Crippen molar-refractivity contribution in [1.82, 2.24) is 9.80 Å². The van der Waals surface area contributed by atoms with Gasteiger partial charge < -0.3 is 23.8 Å². The number of likely N-dealkylation sites (tertiary alicyclic amines) is 2. The van der Waals surface area contributed by atoms with Crippen molar-refractivity contribution in [3.8, 4) is 23.7 Å². The van der Waals surface area contributed by atoms with Crippen LogP contribution in [0.1, 0.15) is 172 Å². The van der Waals surface area contributed by atoms with Gasteiger partial charge in [-0.15, -0.1) is 11.8 Å². The maximum Gasteiger partial charge on any atom is 0.417 e. The molecule has 2 spiro atoms. The van der Waals surface area contributed by atoms with Gasteiger partial charge in [-0.2, -0.15) is 0 Å². The van der Waals surface area contributed by atoms with E-state index in [2.05, 4.69) is 37.5 Å². The van der Waals surface area contributed by atoms with Crippen LogP contribution in [0, 0.1) is 62.2 Å². The van der Waals surface area contributed by atoms with Crippen LogP contribution in [0.15, 0.2) is 35.8 Å². The number of imide groups is 1. The molecule has 2 fully saturated rings. The quantitative estimate of drug-likeness (QED) is 0.275. The lowest BCUT2D eigenvalue weighted by Gasteiger charge is -2.44. The number of allylic oxidation sites excluding steroid dienone is 4. The van der Waals surface area contributed by atoms with Crippen LogP contribution in [0.25, 0.3) is 11.1 Å². The van der Waals surface area contributed by atoms with E-state index in [9.17, 15) is 24.0 Å². The maximum absolute atomic E-state index is 13.5. The summed E-state index contributed by atoms with van der Waals surface area (Å²) < 4.78 is 22.4. The van der Waals surface area contributed by atoms with E-state index in [0.717, 1.165) is 68.0 Å². The van der Waals surface area contributed by atoms with Gasteiger partial charge in [0.05, 0.1) is 25.4 Å². The van der Waals surface area contributed by atoms with Crippen LogP contribution in [0.5, 0.6) is 0 Å². The van der Waals surface area contributed by atoms with Gasteiger partial charge in [-0.3, -0.25) is 14.4 Å². The minimum Gasteiger partial charge on any atom is -0.500 e. The van der Waals surface area contributed by atoms with Crippen LogP contribution in [0.2, 0.25) is 0 Å². The van der Waals surface area contributed by atoms with E-state index in [0.29, 0.717) is 55.7 Å². The summed E-state index contributed by atoms with van der Waals surface area (Å²) in [4.78, 5) is 67.7. The molecule has 4 aliphatic rings. The van der Waals surface area contributed by atoms with Crippen molar-refractivity contribution < 1.29 is 42.9 Å². The number of aryl methyl sites for hydroxylation is 4. The second-order valence-corrected chi connectivity index (χ2v) is 20.9. The molecular formula is C57H76N2O9. The van der Waals surface area contributed by atoms with Crippen LogP contribution in [-0.2, 0) is 33.3 Å². The molecule has 68 heavy (non-hydrogen) atoms. The topological polar surface area (TPSA) is 129 Å². The third kappa shape index (κ3) is 13.5. The second kappa shape index (κ2) is 22.5. The number of carbonyl (C=O) groups is 5. The average molecular weight is 933 g/mol. The predicted octanol–water partition coefficient (Wildman–Crippen LogP) is 11.8. The normalized spacial score (nSPS) is 19.1. The zero-order valence-corrected chi connectivity index (χ0v) is 43.9. The molecular weight excluding hydrogens is 857 g/mol. The number of hydrogen-bond acceptors (Lipinski definition) is 9. The maximum atomic E-state index is 13.5. The Morgan fingerprint density at radius 3 is 1.32 bits per heavy atom. The summed E-state index contributed by atoms with van der Waals surface area (Å²) in [5, 5.41) is 0. The fraction of sp³-hybridized carbons (Fsp3) is 0.561. The molecule has 2 saturated heterocycles. The van der Waals surface area contributed by atoms with Gasteiger partial charge in [0.1, 0.15) is 22.7 Å². The van der Waals surface area contributed by atoms with Crippen molar-refractivity contribution in [2.24, 2.45) is 10.8 Å². The molecule has 1 atom stereocenters. The third-order valence-electron chi connectivity index (χ3n) is 12.6. The molecule has 3 amide bonds. The lowest BCUT2D eigenvalue weighted by molar-refractivity contribution is -0.138. The van der Waals surface area contributed by atoms with Crippen LogP contribution < -0.4 is 0 Å². The Labute approximate surface area is 406 Å². The lowest BCUT2D eigenvalue weighted by Crippen LogP contribution is -2.50. The zero-order valence-electron chi connectivity index (χ0n) is 43.9. The number of carbonyl (C=O) groups excluding carboxylic acids is 5. The Morgan fingerprint density at radius 2 is 0.956 bits per heavy atom. The van der Waals surface area contributed by atoms with Crippen molar-refractivity contribution in [2.75, 3.05) is 33.9 Å². The Hall–Kier alpha value is -5.81. The van der Waals surface area contributed by atoms with Crippen molar-refractivity contribution in [2.45, 2.75) is 166 Å². The van der Waals surface area contributed by atoms with Crippen LogP contribution in [0.3, 0.4) is 0 Å². The molecule has 0 aromatic heterocycles. The first kappa shape index (κ1) is 54.8. The third-order valence-corrected chi connectivity index (χ3v) is 12.6. The monoisotopic (exact) mass is 933 g/mol. The number of ketones is 2. The van der Waals surface area contributed by atoms with Crippen LogP contribution in [0.4, 0.5) is 9.59 Å². The summed E-state index contributed by atoms with van der Waals surface area (Å²) in [5.74, 6) is 13.2. The van der Waals surface area contributed by atoms with E-state index in [1.165, 1.54) is 6.42 Å². The number of rotatable bonds is 4. The largest absolute Gasteiger partial charge is 0.500 e. The van der Waals surface area contributed by atoms with E-state index in [4.69, 9.17) is 18.9 Å². The summed E-state index contributed by atoms with van der Waals surface area (Å²) in [7, 11) is 3.22. The molecule has 6 rings (SSSR count). The van der Waals surface area contributed by atoms with E-state index in [1.54, 1.807) is 46.8 Å². The van der Waals surface area contributed by atoms with Gasteiger partial charge in [0.15, 0.2) is 11.6 Å². The molecule has 0 saturated carbocycles. The minimum atomic E-state index is -0.678. The van der Waals surface area contributed by atoms with Gasteiger partial charge in [0.25, 0.3) is 0 Å². The smallest absolute Gasteiger partial charge is 0.417 e. The summed E-state index contributed by atoms with van der Waals surface area (Å²) in [6.07, 6.45) is 4.44. The highest BCUT2D eigenvalue weighted by atomic mass is 16.6. The average Bonchev–Trinajstić information content (AvgIpc) is 3.21. The van der Waals surface area contributed by atoms with Crippen molar-refractivity contribution in [1.29, 1.82) is 0 Å². The first-order valence-corrected chi connectivity index (χ1v) is 24.0. The first-order chi connectivity index (χ1) is 31.8. The number of hydrogen-bond donors (Lipinski definition) is 0. The molecule has 2 aliphatic carbocycles. The summed E-state index contributed by atoms with van der Waals surface area (Å²) in [6, 6.07) is 8.05. The van der Waals surface area contributed by atoms with Gasteiger partial charge in [0.2, 0.25) is 5.91 Å². The molecule has 1 unspecified atom stereocenters. The number of Topliss-reactive ketones (excluding diaryl/α,β-unsaturated/α-hetero) is 2. The number of amides is 3. The highest BCUT2D eigenvalue weighted by molar-refractivity contribution is 6.24. The van der Waals surface area contributed by atoms with E-state index in [1.807, 2.05) is 79.7 Å². The van der Waals surface area contributed by atoms with Crippen molar-refractivity contribution in [3.63, 3.8) is 0 Å².